The van der Waals surface area contributed by atoms with E-state index in [0.717, 1.165) is 18.6 Å². The van der Waals surface area contributed by atoms with Gasteiger partial charge in [0.1, 0.15) is 17.0 Å². The van der Waals surface area contributed by atoms with E-state index < -0.39 is 11.6 Å². The van der Waals surface area contributed by atoms with E-state index in [0.29, 0.717) is 5.69 Å². The van der Waals surface area contributed by atoms with Crippen molar-refractivity contribution in [3.8, 4) is 5.75 Å². The van der Waals surface area contributed by atoms with E-state index in [1.807, 2.05) is 20.8 Å². The van der Waals surface area contributed by atoms with Crippen molar-refractivity contribution in [1.29, 1.82) is 0 Å². The minimum atomic E-state index is -0.504. The summed E-state index contributed by atoms with van der Waals surface area (Å²) in [6, 6.07) is 3.45. The van der Waals surface area contributed by atoms with Crippen molar-refractivity contribution in [1.82, 2.24) is 4.98 Å². The predicted octanol–water partition coefficient (Wildman–Crippen LogP) is 3.75. The molecule has 0 aromatic carbocycles. The molecule has 4 heteroatoms. The Labute approximate surface area is 120 Å². The second-order valence-electron chi connectivity index (χ2n) is 6.26. The lowest BCUT2D eigenvalue weighted by molar-refractivity contribution is 0.00627. The van der Waals surface area contributed by atoms with Crippen molar-refractivity contribution in [2.45, 2.75) is 64.6 Å². The van der Waals surface area contributed by atoms with Crippen molar-refractivity contribution < 1.29 is 14.3 Å². The van der Waals surface area contributed by atoms with Crippen LogP contribution >= 0.6 is 0 Å². The van der Waals surface area contributed by atoms with Crippen molar-refractivity contribution in [2.24, 2.45) is 0 Å². The molecule has 0 N–H and O–H groups in total. The van der Waals surface area contributed by atoms with Crippen LogP contribution in [-0.2, 0) is 4.74 Å². The van der Waals surface area contributed by atoms with Crippen molar-refractivity contribution in [3.63, 3.8) is 0 Å². The highest BCUT2D eigenvalue weighted by molar-refractivity contribution is 5.87. The zero-order valence-electron chi connectivity index (χ0n) is 12.5. The number of hydrogen-bond donors (Lipinski definition) is 0. The van der Waals surface area contributed by atoms with Crippen LogP contribution in [0.2, 0.25) is 0 Å². The first-order valence-electron chi connectivity index (χ1n) is 7.30. The maximum absolute atomic E-state index is 11.8. The van der Waals surface area contributed by atoms with Gasteiger partial charge in [-0.2, -0.15) is 0 Å². The lowest BCUT2D eigenvalue weighted by atomic mass is 9.98. The normalized spacial score (nSPS) is 16.8. The molecular weight excluding hydrogens is 254 g/mol. The number of ether oxygens (including phenoxy) is 2. The summed E-state index contributed by atoms with van der Waals surface area (Å²) in [5, 5.41) is 0. The quantitative estimate of drug-likeness (QED) is 0.789. The van der Waals surface area contributed by atoms with Crippen LogP contribution < -0.4 is 4.74 Å². The lowest BCUT2D eigenvalue weighted by Crippen LogP contribution is -2.24. The van der Waals surface area contributed by atoms with Gasteiger partial charge < -0.3 is 9.47 Å². The summed E-state index contributed by atoms with van der Waals surface area (Å²) in [5.41, 5.74) is -0.188. The molecule has 1 aromatic heterocycles. The minimum Gasteiger partial charge on any atom is -0.489 e. The molecule has 0 amide bonds. The van der Waals surface area contributed by atoms with Crippen LogP contribution in [0.3, 0.4) is 0 Å². The Hall–Kier alpha value is -1.58. The SMILES string of the molecule is CC(C)(C)OC(=O)c1ccc(OC2CCCCC2)cn1. The van der Waals surface area contributed by atoms with E-state index in [9.17, 15) is 4.79 Å². The van der Waals surface area contributed by atoms with Gasteiger partial charge in [0.2, 0.25) is 0 Å². The van der Waals surface area contributed by atoms with Gasteiger partial charge in [0.15, 0.2) is 0 Å². The number of hydrogen-bond acceptors (Lipinski definition) is 4. The van der Waals surface area contributed by atoms with Gasteiger partial charge in [-0.15, -0.1) is 0 Å². The summed E-state index contributed by atoms with van der Waals surface area (Å²) in [5.74, 6) is 0.325. The van der Waals surface area contributed by atoms with Crippen LogP contribution in [0.5, 0.6) is 5.75 Å². The molecule has 0 aliphatic heterocycles. The van der Waals surface area contributed by atoms with Crippen LogP contribution in [0.4, 0.5) is 0 Å². The van der Waals surface area contributed by atoms with Crippen LogP contribution in [-0.4, -0.2) is 22.7 Å². The summed E-state index contributed by atoms with van der Waals surface area (Å²) in [4.78, 5) is 16.0. The van der Waals surface area contributed by atoms with E-state index in [1.165, 1.54) is 19.3 Å². The molecule has 20 heavy (non-hydrogen) atoms. The van der Waals surface area contributed by atoms with Crippen molar-refractivity contribution >= 4 is 5.97 Å². The Morgan fingerprint density at radius 3 is 2.45 bits per heavy atom. The molecule has 2 rings (SSSR count). The Morgan fingerprint density at radius 1 is 1.20 bits per heavy atom. The third-order valence-electron chi connectivity index (χ3n) is 3.20. The van der Waals surface area contributed by atoms with Gasteiger partial charge in [0.05, 0.1) is 12.3 Å². The predicted molar refractivity (Wildman–Crippen MR) is 76.9 cm³/mol. The van der Waals surface area contributed by atoms with Crippen molar-refractivity contribution in [2.75, 3.05) is 0 Å². The molecule has 0 atom stereocenters. The zero-order valence-corrected chi connectivity index (χ0v) is 12.5. The fourth-order valence-corrected chi connectivity index (χ4v) is 2.28. The van der Waals surface area contributed by atoms with Gasteiger partial charge in [-0.05, 0) is 58.6 Å². The molecule has 1 aromatic rings. The largest absolute Gasteiger partial charge is 0.489 e. The van der Waals surface area contributed by atoms with Crippen LogP contribution in [0.25, 0.3) is 0 Å². The van der Waals surface area contributed by atoms with Gasteiger partial charge in [-0.1, -0.05) is 6.42 Å². The van der Waals surface area contributed by atoms with Crippen molar-refractivity contribution in [3.05, 3.63) is 24.0 Å². The summed E-state index contributed by atoms with van der Waals surface area (Å²) < 4.78 is 11.1. The Morgan fingerprint density at radius 2 is 1.90 bits per heavy atom. The van der Waals surface area contributed by atoms with Gasteiger partial charge in [0, 0.05) is 0 Å². The molecule has 4 nitrogen and oxygen atoms in total. The van der Waals surface area contributed by atoms with Gasteiger partial charge in [-0.25, -0.2) is 9.78 Å². The third-order valence-corrected chi connectivity index (χ3v) is 3.20. The van der Waals surface area contributed by atoms with Gasteiger partial charge in [-0.3, -0.25) is 0 Å². The minimum absolute atomic E-state index is 0.290. The first kappa shape index (κ1) is 14.8. The number of esters is 1. The van der Waals surface area contributed by atoms with E-state index in [1.54, 1.807) is 18.3 Å². The number of pyridine rings is 1. The van der Waals surface area contributed by atoms with Gasteiger partial charge >= 0.3 is 5.97 Å². The fourth-order valence-electron chi connectivity index (χ4n) is 2.28. The number of aromatic nitrogens is 1. The number of rotatable bonds is 3. The molecular formula is C16H23NO3. The maximum Gasteiger partial charge on any atom is 0.357 e. The third kappa shape index (κ3) is 4.51. The summed E-state index contributed by atoms with van der Waals surface area (Å²) in [6.45, 7) is 5.52. The first-order valence-corrected chi connectivity index (χ1v) is 7.30. The van der Waals surface area contributed by atoms with Crippen LogP contribution in [0.15, 0.2) is 18.3 Å². The Bertz CT molecular complexity index is 442. The topological polar surface area (TPSA) is 48.4 Å². The number of nitrogens with zero attached hydrogens (tertiary/aromatic N) is 1. The number of carbonyl (C=O) groups is 1. The lowest BCUT2D eigenvalue weighted by Gasteiger charge is -2.23. The van der Waals surface area contributed by atoms with E-state index in [4.69, 9.17) is 9.47 Å². The standard InChI is InChI=1S/C16H23NO3/c1-16(2,3)20-15(18)14-10-9-13(11-17-14)19-12-7-5-4-6-8-12/h9-12H,4-8H2,1-3H3. The Balaban J connectivity index is 1.93. The highest BCUT2D eigenvalue weighted by Crippen LogP contribution is 2.23. The van der Waals surface area contributed by atoms with E-state index >= 15 is 0 Å². The molecule has 0 bridgehead atoms. The molecule has 1 aliphatic rings. The zero-order chi connectivity index (χ0) is 14.6. The van der Waals surface area contributed by atoms with Crippen LogP contribution in [0, 0.1) is 0 Å². The molecule has 1 aliphatic carbocycles. The fraction of sp³-hybridized carbons (Fsp3) is 0.625. The number of carbonyl (C=O) groups excluding carboxylic acids is 1. The van der Waals surface area contributed by atoms with Crippen LogP contribution in [0.1, 0.15) is 63.4 Å². The average molecular weight is 277 g/mol. The summed E-state index contributed by atoms with van der Waals surface area (Å²) in [7, 11) is 0. The highest BCUT2D eigenvalue weighted by Gasteiger charge is 2.19. The molecule has 0 unspecified atom stereocenters. The Kier molecular flexibility index (Phi) is 4.63. The summed E-state index contributed by atoms with van der Waals surface area (Å²) >= 11 is 0. The smallest absolute Gasteiger partial charge is 0.357 e. The molecule has 0 saturated heterocycles. The van der Waals surface area contributed by atoms with E-state index in [2.05, 4.69) is 4.98 Å². The molecule has 1 heterocycles. The summed E-state index contributed by atoms with van der Waals surface area (Å²) in [6.07, 6.45) is 7.87. The second-order valence-corrected chi connectivity index (χ2v) is 6.26. The second kappa shape index (κ2) is 6.25. The molecule has 0 radical (unpaired) electrons. The average Bonchev–Trinajstić information content (AvgIpc) is 2.39. The molecule has 1 saturated carbocycles. The van der Waals surface area contributed by atoms with Gasteiger partial charge in [0.25, 0.3) is 0 Å². The monoisotopic (exact) mass is 277 g/mol. The van der Waals surface area contributed by atoms with E-state index in [-0.39, 0.29) is 6.10 Å². The highest BCUT2D eigenvalue weighted by atomic mass is 16.6. The first-order chi connectivity index (χ1) is 9.44. The molecule has 1 fully saturated rings. The maximum atomic E-state index is 11.8. The molecule has 110 valence electrons. The molecule has 0 spiro atoms.